The lowest BCUT2D eigenvalue weighted by Gasteiger charge is -2.17. The Balaban J connectivity index is 2.11. The van der Waals surface area contributed by atoms with Crippen LogP contribution in [0.25, 0.3) is 0 Å². The van der Waals surface area contributed by atoms with Gasteiger partial charge in [0, 0.05) is 32.5 Å². The third kappa shape index (κ3) is 3.87. The van der Waals surface area contributed by atoms with Gasteiger partial charge in [-0.1, -0.05) is 12.1 Å². The third-order valence-electron chi connectivity index (χ3n) is 3.31. The summed E-state index contributed by atoms with van der Waals surface area (Å²) in [5.41, 5.74) is 7.42. The van der Waals surface area contributed by atoms with Gasteiger partial charge >= 0.3 is 0 Å². The van der Waals surface area contributed by atoms with E-state index in [4.69, 9.17) is 5.73 Å². The average Bonchev–Trinajstić information content (AvgIpc) is 2.53. The first-order valence-electron chi connectivity index (χ1n) is 6.68. The number of pyridine rings is 1. The largest absolute Gasteiger partial charge is 0.326 e. The zero-order chi connectivity index (χ0) is 15.3. The molecule has 0 saturated heterocycles. The van der Waals surface area contributed by atoms with E-state index in [1.54, 1.807) is 37.6 Å². The van der Waals surface area contributed by atoms with Gasteiger partial charge in [0.15, 0.2) is 0 Å². The third-order valence-corrected chi connectivity index (χ3v) is 5.16. The minimum absolute atomic E-state index is 0.280. The SMILES string of the molecule is CN(CCc1ccncc1)S(=O)(=O)c1cccc(CN)c1. The van der Waals surface area contributed by atoms with Crippen LogP contribution in [0.2, 0.25) is 0 Å². The second-order valence-electron chi connectivity index (χ2n) is 4.78. The summed E-state index contributed by atoms with van der Waals surface area (Å²) < 4.78 is 26.4. The van der Waals surface area contributed by atoms with Crippen molar-refractivity contribution >= 4 is 10.0 Å². The minimum Gasteiger partial charge on any atom is -0.326 e. The lowest BCUT2D eigenvalue weighted by molar-refractivity contribution is 0.472. The first-order chi connectivity index (χ1) is 10.0. The van der Waals surface area contributed by atoms with E-state index in [-0.39, 0.29) is 4.90 Å². The molecular formula is C15H19N3O2S. The van der Waals surface area contributed by atoms with E-state index in [1.165, 1.54) is 4.31 Å². The lowest BCUT2D eigenvalue weighted by atomic mass is 10.2. The molecule has 2 rings (SSSR count). The van der Waals surface area contributed by atoms with Crippen LogP contribution in [0.1, 0.15) is 11.1 Å². The highest BCUT2D eigenvalue weighted by Crippen LogP contribution is 2.16. The predicted octanol–water partition coefficient (Wildman–Crippen LogP) is 1.40. The molecule has 1 aromatic heterocycles. The van der Waals surface area contributed by atoms with Gasteiger partial charge in [0.1, 0.15) is 0 Å². The van der Waals surface area contributed by atoms with Gasteiger partial charge in [0.2, 0.25) is 10.0 Å². The van der Waals surface area contributed by atoms with Crippen LogP contribution < -0.4 is 5.73 Å². The van der Waals surface area contributed by atoms with Gasteiger partial charge in [-0.3, -0.25) is 4.98 Å². The monoisotopic (exact) mass is 305 g/mol. The number of benzene rings is 1. The van der Waals surface area contributed by atoms with Gasteiger partial charge in [-0.2, -0.15) is 0 Å². The highest BCUT2D eigenvalue weighted by molar-refractivity contribution is 7.89. The Morgan fingerprint density at radius 2 is 1.86 bits per heavy atom. The van der Waals surface area contributed by atoms with E-state index in [0.717, 1.165) is 11.1 Å². The predicted molar refractivity (Wildman–Crippen MR) is 82.1 cm³/mol. The fraction of sp³-hybridized carbons (Fsp3) is 0.267. The normalized spacial score (nSPS) is 11.8. The molecule has 21 heavy (non-hydrogen) atoms. The molecule has 0 spiro atoms. The van der Waals surface area contributed by atoms with Crippen molar-refractivity contribution in [3.05, 3.63) is 59.9 Å². The molecule has 1 heterocycles. The summed E-state index contributed by atoms with van der Waals surface area (Å²) >= 11 is 0. The number of sulfonamides is 1. The second kappa shape index (κ2) is 6.80. The molecular weight excluding hydrogens is 286 g/mol. The summed E-state index contributed by atoms with van der Waals surface area (Å²) in [4.78, 5) is 4.22. The average molecular weight is 305 g/mol. The van der Waals surface area contributed by atoms with Gasteiger partial charge in [-0.15, -0.1) is 0 Å². The molecule has 0 fully saturated rings. The number of hydrogen-bond donors (Lipinski definition) is 1. The van der Waals surface area contributed by atoms with Gasteiger partial charge in [-0.25, -0.2) is 12.7 Å². The Morgan fingerprint density at radius 1 is 1.14 bits per heavy atom. The van der Waals surface area contributed by atoms with Crippen LogP contribution in [-0.4, -0.2) is 31.3 Å². The number of nitrogens with zero attached hydrogens (tertiary/aromatic N) is 2. The fourth-order valence-electron chi connectivity index (χ4n) is 1.97. The van der Waals surface area contributed by atoms with Crippen LogP contribution >= 0.6 is 0 Å². The van der Waals surface area contributed by atoms with Crippen molar-refractivity contribution in [1.82, 2.24) is 9.29 Å². The Morgan fingerprint density at radius 3 is 2.52 bits per heavy atom. The number of nitrogens with two attached hydrogens (primary N) is 1. The molecule has 0 radical (unpaired) electrons. The number of rotatable bonds is 6. The van der Waals surface area contributed by atoms with Gasteiger partial charge < -0.3 is 5.73 Å². The van der Waals surface area contributed by atoms with E-state index in [0.29, 0.717) is 19.5 Å². The first kappa shape index (κ1) is 15.6. The summed E-state index contributed by atoms with van der Waals surface area (Å²) in [5, 5.41) is 0. The van der Waals surface area contributed by atoms with Crippen molar-refractivity contribution in [2.24, 2.45) is 5.73 Å². The summed E-state index contributed by atoms with van der Waals surface area (Å²) in [6, 6.07) is 10.5. The van der Waals surface area contributed by atoms with Crippen LogP contribution in [0.4, 0.5) is 0 Å². The molecule has 0 amide bonds. The van der Waals surface area contributed by atoms with Crippen molar-refractivity contribution < 1.29 is 8.42 Å². The molecule has 2 N–H and O–H groups in total. The summed E-state index contributed by atoms with van der Waals surface area (Å²) in [7, 11) is -1.89. The van der Waals surface area contributed by atoms with Gasteiger partial charge in [0.05, 0.1) is 4.90 Å². The zero-order valence-corrected chi connectivity index (χ0v) is 12.8. The van der Waals surface area contributed by atoms with Crippen LogP contribution in [0.3, 0.4) is 0 Å². The van der Waals surface area contributed by atoms with E-state index >= 15 is 0 Å². The fourth-order valence-corrected chi connectivity index (χ4v) is 3.21. The molecule has 0 aliphatic heterocycles. The minimum atomic E-state index is -3.48. The van der Waals surface area contributed by atoms with E-state index in [2.05, 4.69) is 4.98 Å². The Bertz CT molecular complexity index is 687. The van der Waals surface area contributed by atoms with Crippen LogP contribution in [-0.2, 0) is 23.0 Å². The first-order valence-corrected chi connectivity index (χ1v) is 8.12. The molecule has 0 aliphatic rings. The molecule has 0 unspecified atom stereocenters. The van der Waals surface area contributed by atoms with Gasteiger partial charge in [-0.05, 0) is 41.8 Å². The number of hydrogen-bond acceptors (Lipinski definition) is 4. The summed E-state index contributed by atoms with van der Waals surface area (Å²) in [6.07, 6.45) is 4.05. The molecule has 2 aromatic rings. The topological polar surface area (TPSA) is 76.3 Å². The van der Waals surface area contributed by atoms with E-state index < -0.39 is 10.0 Å². The Hall–Kier alpha value is -1.76. The molecule has 112 valence electrons. The maximum absolute atomic E-state index is 12.5. The smallest absolute Gasteiger partial charge is 0.242 e. The summed E-state index contributed by atoms with van der Waals surface area (Å²) in [5.74, 6) is 0. The summed E-state index contributed by atoms with van der Waals surface area (Å²) in [6.45, 7) is 0.739. The maximum atomic E-state index is 12.5. The van der Waals surface area contributed by atoms with Crippen molar-refractivity contribution in [3.8, 4) is 0 Å². The van der Waals surface area contributed by atoms with Crippen molar-refractivity contribution in [2.75, 3.05) is 13.6 Å². The second-order valence-corrected chi connectivity index (χ2v) is 6.83. The van der Waals surface area contributed by atoms with Crippen molar-refractivity contribution in [1.29, 1.82) is 0 Å². The zero-order valence-electron chi connectivity index (χ0n) is 11.9. The molecule has 1 aromatic carbocycles. The Kier molecular flexibility index (Phi) is 5.06. The van der Waals surface area contributed by atoms with Crippen LogP contribution in [0.5, 0.6) is 0 Å². The van der Waals surface area contributed by atoms with E-state index in [9.17, 15) is 8.42 Å². The number of aromatic nitrogens is 1. The highest BCUT2D eigenvalue weighted by Gasteiger charge is 2.20. The standard InChI is InChI=1S/C15H19N3O2S/c1-18(10-7-13-5-8-17-9-6-13)21(19,20)15-4-2-3-14(11-15)12-16/h2-6,8-9,11H,7,10,12,16H2,1H3. The van der Waals surface area contributed by atoms with Crippen LogP contribution in [0, 0.1) is 0 Å². The van der Waals surface area contributed by atoms with Gasteiger partial charge in [0.25, 0.3) is 0 Å². The Labute approximate surface area is 125 Å². The molecule has 0 atom stereocenters. The lowest BCUT2D eigenvalue weighted by Crippen LogP contribution is -2.29. The maximum Gasteiger partial charge on any atom is 0.242 e. The molecule has 0 aliphatic carbocycles. The molecule has 6 heteroatoms. The molecule has 0 bridgehead atoms. The molecule has 5 nitrogen and oxygen atoms in total. The van der Waals surface area contributed by atoms with Crippen molar-refractivity contribution in [2.45, 2.75) is 17.9 Å². The number of likely N-dealkylation sites (N-methyl/N-ethyl adjacent to an activating group) is 1. The van der Waals surface area contributed by atoms with E-state index in [1.807, 2.05) is 18.2 Å². The quantitative estimate of drug-likeness (QED) is 0.875. The highest BCUT2D eigenvalue weighted by atomic mass is 32.2. The molecule has 0 saturated carbocycles. The van der Waals surface area contributed by atoms with Crippen molar-refractivity contribution in [3.63, 3.8) is 0 Å². The van der Waals surface area contributed by atoms with Crippen LogP contribution in [0.15, 0.2) is 53.7 Å².